The molecule has 1 atom stereocenters. The molecule has 126 valence electrons. The van der Waals surface area contributed by atoms with E-state index in [9.17, 15) is 9.59 Å². The number of benzene rings is 1. The fourth-order valence-corrected chi connectivity index (χ4v) is 2.94. The Kier molecular flexibility index (Phi) is 5.78. The molecule has 23 heavy (non-hydrogen) atoms. The fraction of sp³-hybridized carbons (Fsp3) is 0.500. The van der Waals surface area contributed by atoms with Crippen molar-refractivity contribution in [1.82, 2.24) is 0 Å². The van der Waals surface area contributed by atoms with E-state index in [0.29, 0.717) is 29.9 Å². The molecule has 1 aromatic rings. The molecule has 0 aromatic heterocycles. The topological polar surface area (TPSA) is 76.7 Å². The molecule has 1 amide bonds. The molecular formula is C16H24N2O4Si. The van der Waals surface area contributed by atoms with Crippen LogP contribution in [0.15, 0.2) is 18.2 Å². The summed E-state index contributed by atoms with van der Waals surface area (Å²) in [6.45, 7) is 3.42. The smallest absolute Gasteiger partial charge is 0.337 e. The van der Waals surface area contributed by atoms with Gasteiger partial charge in [-0.3, -0.25) is 4.79 Å². The lowest BCUT2D eigenvalue weighted by molar-refractivity contribution is -0.116. The Labute approximate surface area is 139 Å². The van der Waals surface area contributed by atoms with Crippen LogP contribution < -0.4 is 10.6 Å². The molecule has 2 rings (SSSR count). The average molecular weight is 336 g/mol. The number of rotatable bonds is 7. The Balaban J connectivity index is 2.17. The van der Waals surface area contributed by atoms with Crippen LogP contribution >= 0.6 is 0 Å². The Hall–Kier alpha value is -1.86. The third-order valence-electron chi connectivity index (χ3n) is 3.93. The standard InChI is InChI=1S/C16H24N2O4Si/c1-3-4-14(19)18-12-6-5-11(15(20)21-2)9-13(12)17-10-16(23)7-8-22-16/h5-6,9,17H,3-4,7-8,10H2,1-2,23H3,(H,18,19)/t16-/m1/s1. The average Bonchev–Trinajstić information content (AvgIpc) is 2.51. The summed E-state index contributed by atoms with van der Waals surface area (Å²) in [6.07, 6.45) is 2.29. The molecule has 0 saturated carbocycles. The number of methoxy groups -OCH3 is 1. The zero-order valence-corrected chi connectivity index (χ0v) is 15.9. The van der Waals surface area contributed by atoms with E-state index in [1.165, 1.54) is 7.11 Å². The summed E-state index contributed by atoms with van der Waals surface area (Å²) >= 11 is 0. The summed E-state index contributed by atoms with van der Waals surface area (Å²) in [7, 11) is 2.27. The second kappa shape index (κ2) is 7.61. The predicted molar refractivity (Wildman–Crippen MR) is 93.0 cm³/mol. The fourth-order valence-electron chi connectivity index (χ4n) is 2.36. The summed E-state index contributed by atoms with van der Waals surface area (Å²) in [5, 5.41) is 6.13. The van der Waals surface area contributed by atoms with E-state index in [4.69, 9.17) is 9.47 Å². The number of anilines is 2. The minimum atomic E-state index is -0.403. The summed E-state index contributed by atoms with van der Waals surface area (Å²) in [6, 6.07) is 5.08. The molecule has 1 aliphatic heterocycles. The maximum absolute atomic E-state index is 11.9. The SMILES string of the molecule is CCCC(=O)Nc1ccc(C(=O)OC)cc1NC[C@]1([SiH3])CCO1. The van der Waals surface area contributed by atoms with E-state index >= 15 is 0 Å². The Bertz CT molecular complexity index is 587. The van der Waals surface area contributed by atoms with Gasteiger partial charge in [0.25, 0.3) is 0 Å². The highest BCUT2D eigenvalue weighted by molar-refractivity contribution is 6.15. The van der Waals surface area contributed by atoms with Gasteiger partial charge in [-0.05, 0) is 31.0 Å². The first-order chi connectivity index (χ1) is 11.0. The van der Waals surface area contributed by atoms with Gasteiger partial charge in [-0.25, -0.2) is 4.79 Å². The van der Waals surface area contributed by atoms with Gasteiger partial charge in [-0.1, -0.05) is 6.92 Å². The van der Waals surface area contributed by atoms with Crippen LogP contribution in [-0.2, 0) is 14.3 Å². The van der Waals surface area contributed by atoms with Gasteiger partial charge in [0.1, 0.15) is 0 Å². The highest BCUT2D eigenvalue weighted by Gasteiger charge is 2.32. The van der Waals surface area contributed by atoms with Crippen molar-refractivity contribution in [3.63, 3.8) is 0 Å². The Morgan fingerprint density at radius 2 is 2.13 bits per heavy atom. The van der Waals surface area contributed by atoms with Gasteiger partial charge < -0.3 is 20.1 Å². The summed E-state index contributed by atoms with van der Waals surface area (Å²) in [5.74, 6) is -0.443. The summed E-state index contributed by atoms with van der Waals surface area (Å²) in [5.41, 5.74) is 1.82. The number of hydrogen-bond donors (Lipinski definition) is 2. The molecule has 1 heterocycles. The van der Waals surface area contributed by atoms with Gasteiger partial charge in [0.05, 0.1) is 29.3 Å². The molecule has 2 N–H and O–H groups in total. The van der Waals surface area contributed by atoms with E-state index in [0.717, 1.165) is 29.7 Å². The molecule has 1 aliphatic rings. The van der Waals surface area contributed by atoms with E-state index in [1.807, 2.05) is 6.92 Å². The van der Waals surface area contributed by atoms with E-state index in [1.54, 1.807) is 18.2 Å². The maximum atomic E-state index is 11.9. The van der Waals surface area contributed by atoms with Crippen LogP contribution in [0.2, 0.25) is 0 Å². The van der Waals surface area contributed by atoms with Crippen molar-refractivity contribution in [2.24, 2.45) is 0 Å². The number of amides is 1. The zero-order valence-electron chi connectivity index (χ0n) is 13.9. The Morgan fingerprint density at radius 3 is 2.70 bits per heavy atom. The molecule has 1 aromatic carbocycles. The molecule has 0 bridgehead atoms. The van der Waals surface area contributed by atoms with Crippen molar-refractivity contribution in [1.29, 1.82) is 0 Å². The highest BCUT2D eigenvalue weighted by Crippen LogP contribution is 2.28. The van der Waals surface area contributed by atoms with Crippen molar-refractivity contribution in [2.75, 3.05) is 30.9 Å². The van der Waals surface area contributed by atoms with Crippen molar-refractivity contribution in [3.05, 3.63) is 23.8 Å². The van der Waals surface area contributed by atoms with Crippen LogP contribution in [0.4, 0.5) is 11.4 Å². The van der Waals surface area contributed by atoms with E-state index in [-0.39, 0.29) is 11.1 Å². The molecule has 0 radical (unpaired) electrons. The van der Waals surface area contributed by atoms with Gasteiger partial charge >= 0.3 is 5.97 Å². The van der Waals surface area contributed by atoms with Crippen LogP contribution in [0.5, 0.6) is 0 Å². The van der Waals surface area contributed by atoms with Crippen LogP contribution in [-0.4, -0.2) is 47.6 Å². The minimum Gasteiger partial charge on any atom is -0.465 e. The second-order valence-electron chi connectivity index (χ2n) is 5.95. The van der Waals surface area contributed by atoms with Crippen molar-refractivity contribution >= 4 is 33.5 Å². The van der Waals surface area contributed by atoms with Gasteiger partial charge in [0.2, 0.25) is 5.91 Å². The first kappa shape index (κ1) is 17.5. The van der Waals surface area contributed by atoms with Crippen LogP contribution in [0.3, 0.4) is 0 Å². The van der Waals surface area contributed by atoms with E-state index < -0.39 is 5.97 Å². The second-order valence-corrected chi connectivity index (χ2v) is 7.77. The van der Waals surface area contributed by atoms with Crippen LogP contribution in [0.25, 0.3) is 0 Å². The number of esters is 1. The van der Waals surface area contributed by atoms with Gasteiger partial charge in [0.15, 0.2) is 0 Å². The monoisotopic (exact) mass is 336 g/mol. The number of hydrogen-bond acceptors (Lipinski definition) is 5. The third kappa shape index (κ3) is 4.55. The number of ether oxygens (including phenoxy) is 2. The van der Waals surface area contributed by atoms with Crippen molar-refractivity contribution in [3.8, 4) is 0 Å². The largest absolute Gasteiger partial charge is 0.465 e. The first-order valence-corrected chi connectivity index (χ1v) is 8.87. The number of carbonyl (C=O) groups is 2. The van der Waals surface area contributed by atoms with Crippen molar-refractivity contribution in [2.45, 2.75) is 31.4 Å². The molecule has 7 heteroatoms. The third-order valence-corrected chi connectivity index (χ3v) is 5.07. The van der Waals surface area contributed by atoms with Gasteiger partial charge in [0, 0.05) is 29.8 Å². The van der Waals surface area contributed by atoms with Crippen molar-refractivity contribution < 1.29 is 19.1 Å². The number of carbonyl (C=O) groups excluding carboxylic acids is 2. The predicted octanol–water partition coefficient (Wildman–Crippen LogP) is 1.11. The quantitative estimate of drug-likeness (QED) is 0.576. The molecule has 1 fully saturated rings. The lowest BCUT2D eigenvalue weighted by Crippen LogP contribution is -2.49. The summed E-state index contributed by atoms with van der Waals surface area (Å²) < 4.78 is 10.4. The maximum Gasteiger partial charge on any atom is 0.337 e. The lowest BCUT2D eigenvalue weighted by atomic mass is 10.1. The van der Waals surface area contributed by atoms with Crippen LogP contribution in [0, 0.1) is 0 Å². The molecule has 0 spiro atoms. The van der Waals surface area contributed by atoms with Gasteiger partial charge in [-0.15, -0.1) is 0 Å². The normalized spacial score (nSPS) is 19.7. The number of nitrogens with one attached hydrogen (secondary N) is 2. The molecule has 0 unspecified atom stereocenters. The molecule has 0 aliphatic carbocycles. The van der Waals surface area contributed by atoms with Crippen LogP contribution in [0.1, 0.15) is 36.5 Å². The Morgan fingerprint density at radius 1 is 1.39 bits per heavy atom. The lowest BCUT2D eigenvalue weighted by Gasteiger charge is -2.39. The molecule has 1 saturated heterocycles. The summed E-state index contributed by atoms with van der Waals surface area (Å²) in [4.78, 5) is 23.6. The molecular weight excluding hydrogens is 312 g/mol. The zero-order chi connectivity index (χ0) is 16.9. The highest BCUT2D eigenvalue weighted by atomic mass is 28.1. The van der Waals surface area contributed by atoms with Gasteiger partial charge in [-0.2, -0.15) is 0 Å². The minimum absolute atomic E-state index is 0.0400. The molecule has 6 nitrogen and oxygen atoms in total. The first-order valence-electron chi connectivity index (χ1n) is 7.87. The van der Waals surface area contributed by atoms with E-state index in [2.05, 4.69) is 10.6 Å².